The van der Waals surface area contributed by atoms with E-state index in [1.54, 1.807) is 38.5 Å². The number of para-hydroxylation sites is 1. The fourth-order valence-electron chi connectivity index (χ4n) is 3.17. The number of carbonyl (C=O) groups is 2. The Balaban J connectivity index is 1.42. The molecule has 0 atom stereocenters. The number of benzene rings is 2. The molecule has 2 N–H and O–H groups in total. The summed E-state index contributed by atoms with van der Waals surface area (Å²) in [6, 6.07) is 12.8. The molecule has 0 bridgehead atoms. The molecular weight excluding hydrogens is 414 g/mol. The molecule has 31 heavy (non-hydrogen) atoms. The number of thiazole rings is 1. The van der Waals surface area contributed by atoms with Crippen LogP contribution in [0.25, 0.3) is 10.6 Å². The van der Waals surface area contributed by atoms with Crippen LogP contribution in [-0.2, 0) is 11.2 Å². The minimum Gasteiger partial charge on any atom is -0.493 e. The Morgan fingerprint density at radius 1 is 1.13 bits per heavy atom. The van der Waals surface area contributed by atoms with E-state index in [1.165, 1.54) is 11.3 Å². The topological polar surface area (TPSA) is 89.5 Å². The maximum absolute atomic E-state index is 12.5. The highest BCUT2D eigenvalue weighted by atomic mass is 32.1. The maximum atomic E-state index is 12.5. The van der Waals surface area contributed by atoms with Gasteiger partial charge in [-0.15, -0.1) is 11.3 Å². The zero-order valence-corrected chi connectivity index (χ0v) is 18.1. The molecule has 0 spiro atoms. The second-order valence-electron chi connectivity index (χ2n) is 7.24. The molecule has 1 heterocycles. The van der Waals surface area contributed by atoms with Crippen molar-refractivity contribution in [1.82, 2.24) is 10.3 Å². The monoisotopic (exact) mass is 437 g/mol. The van der Waals surface area contributed by atoms with E-state index in [1.807, 2.05) is 23.6 Å². The lowest BCUT2D eigenvalue weighted by Gasteiger charge is -2.10. The summed E-state index contributed by atoms with van der Waals surface area (Å²) in [5.41, 5.74) is 2.59. The molecule has 2 aromatic carbocycles. The number of methoxy groups -OCH3 is 2. The summed E-state index contributed by atoms with van der Waals surface area (Å²) in [4.78, 5) is 29.3. The van der Waals surface area contributed by atoms with Gasteiger partial charge in [0.2, 0.25) is 5.91 Å². The highest BCUT2D eigenvalue weighted by Gasteiger charge is 2.24. The molecule has 0 saturated heterocycles. The van der Waals surface area contributed by atoms with E-state index in [4.69, 9.17) is 9.47 Å². The van der Waals surface area contributed by atoms with E-state index < -0.39 is 0 Å². The summed E-state index contributed by atoms with van der Waals surface area (Å²) >= 11 is 1.44. The zero-order chi connectivity index (χ0) is 21.8. The molecule has 1 saturated carbocycles. The third kappa shape index (κ3) is 5.03. The van der Waals surface area contributed by atoms with E-state index in [-0.39, 0.29) is 24.3 Å². The highest BCUT2D eigenvalue weighted by molar-refractivity contribution is 7.13. The van der Waals surface area contributed by atoms with Gasteiger partial charge in [-0.25, -0.2) is 4.98 Å². The minimum absolute atomic E-state index is 0.116. The van der Waals surface area contributed by atoms with Crippen LogP contribution < -0.4 is 20.1 Å². The van der Waals surface area contributed by atoms with Crippen LogP contribution in [0, 0.1) is 0 Å². The van der Waals surface area contributed by atoms with Crippen molar-refractivity contribution >= 4 is 28.8 Å². The van der Waals surface area contributed by atoms with Crippen molar-refractivity contribution in [2.24, 2.45) is 0 Å². The molecule has 1 aromatic heterocycles. The summed E-state index contributed by atoms with van der Waals surface area (Å²) in [6.45, 7) is 0. The van der Waals surface area contributed by atoms with Crippen LogP contribution in [0.3, 0.4) is 0 Å². The van der Waals surface area contributed by atoms with Crippen LogP contribution in [0.5, 0.6) is 11.5 Å². The largest absolute Gasteiger partial charge is 0.493 e. The third-order valence-electron chi connectivity index (χ3n) is 4.85. The molecule has 1 fully saturated rings. The number of nitrogens with zero attached hydrogens (tertiary/aromatic N) is 1. The van der Waals surface area contributed by atoms with Gasteiger partial charge in [-0.05, 0) is 43.2 Å². The van der Waals surface area contributed by atoms with Crippen LogP contribution in [0.2, 0.25) is 0 Å². The Bertz CT molecular complexity index is 1110. The molecule has 3 aromatic rings. The van der Waals surface area contributed by atoms with E-state index >= 15 is 0 Å². The molecule has 0 radical (unpaired) electrons. The smallest absolute Gasteiger partial charge is 0.251 e. The fraction of sp³-hybridized carbons (Fsp3) is 0.261. The van der Waals surface area contributed by atoms with Crippen molar-refractivity contribution in [2.75, 3.05) is 19.5 Å². The summed E-state index contributed by atoms with van der Waals surface area (Å²) < 4.78 is 10.8. The molecule has 0 aliphatic heterocycles. The first kappa shape index (κ1) is 20.9. The Morgan fingerprint density at radius 2 is 1.94 bits per heavy atom. The average molecular weight is 438 g/mol. The van der Waals surface area contributed by atoms with Gasteiger partial charge in [-0.3, -0.25) is 9.59 Å². The first-order valence-electron chi connectivity index (χ1n) is 9.94. The van der Waals surface area contributed by atoms with Gasteiger partial charge in [0.1, 0.15) is 5.01 Å². The molecule has 7 nitrogen and oxygen atoms in total. The van der Waals surface area contributed by atoms with Gasteiger partial charge in [0.05, 0.1) is 31.9 Å². The van der Waals surface area contributed by atoms with Crippen molar-refractivity contribution in [3.8, 4) is 22.1 Å². The van der Waals surface area contributed by atoms with Crippen molar-refractivity contribution in [2.45, 2.75) is 25.3 Å². The van der Waals surface area contributed by atoms with Crippen LogP contribution >= 0.6 is 11.3 Å². The second kappa shape index (κ2) is 9.18. The number of aromatic nitrogens is 1. The first-order valence-corrected chi connectivity index (χ1v) is 10.8. The van der Waals surface area contributed by atoms with Gasteiger partial charge in [0, 0.05) is 22.7 Å². The molecule has 4 rings (SSSR count). The number of nitrogens with one attached hydrogen (secondary N) is 2. The van der Waals surface area contributed by atoms with E-state index in [0.29, 0.717) is 28.4 Å². The molecule has 8 heteroatoms. The van der Waals surface area contributed by atoms with Gasteiger partial charge in [0.15, 0.2) is 11.5 Å². The van der Waals surface area contributed by atoms with Crippen LogP contribution in [0.4, 0.5) is 5.69 Å². The van der Waals surface area contributed by atoms with E-state index in [0.717, 1.165) is 23.4 Å². The SMILES string of the molecule is COc1cccc(-c2nc(CC(=O)Nc3cccc(C(=O)NC4CC4)c3)cs2)c1OC. The van der Waals surface area contributed by atoms with Crippen molar-refractivity contribution in [1.29, 1.82) is 0 Å². The minimum atomic E-state index is -0.200. The second-order valence-corrected chi connectivity index (χ2v) is 8.10. The van der Waals surface area contributed by atoms with Gasteiger partial charge in [0.25, 0.3) is 5.91 Å². The van der Waals surface area contributed by atoms with E-state index in [2.05, 4.69) is 15.6 Å². The Labute approximate surface area is 184 Å². The Hall–Kier alpha value is -3.39. The van der Waals surface area contributed by atoms with Gasteiger partial charge < -0.3 is 20.1 Å². The number of hydrogen-bond donors (Lipinski definition) is 2. The lowest BCUT2D eigenvalue weighted by atomic mass is 10.2. The van der Waals surface area contributed by atoms with Crippen molar-refractivity contribution < 1.29 is 19.1 Å². The number of carbonyl (C=O) groups excluding carboxylic acids is 2. The molecule has 0 unspecified atom stereocenters. The van der Waals surface area contributed by atoms with E-state index in [9.17, 15) is 9.59 Å². The lowest BCUT2D eigenvalue weighted by Crippen LogP contribution is -2.25. The molecule has 1 aliphatic carbocycles. The standard InChI is InChI=1S/C23H23N3O4S/c1-29-19-8-4-7-18(21(19)30-2)23-26-17(13-31-23)12-20(27)24-16-6-3-5-14(11-16)22(28)25-15-9-10-15/h3-8,11,13,15H,9-10,12H2,1-2H3,(H,24,27)(H,25,28). The summed E-state index contributed by atoms with van der Waals surface area (Å²) in [7, 11) is 3.17. The zero-order valence-electron chi connectivity index (χ0n) is 17.3. The molecule has 1 aliphatic rings. The Morgan fingerprint density at radius 3 is 2.68 bits per heavy atom. The predicted molar refractivity (Wildman–Crippen MR) is 120 cm³/mol. The Kier molecular flexibility index (Phi) is 6.18. The predicted octanol–water partition coefficient (Wildman–Crippen LogP) is 3.90. The van der Waals surface area contributed by atoms with Gasteiger partial charge in [-0.2, -0.15) is 0 Å². The highest BCUT2D eigenvalue weighted by Crippen LogP contribution is 2.39. The number of hydrogen-bond acceptors (Lipinski definition) is 6. The fourth-order valence-corrected chi connectivity index (χ4v) is 4.01. The maximum Gasteiger partial charge on any atom is 0.251 e. The average Bonchev–Trinajstić information content (AvgIpc) is 3.48. The summed E-state index contributed by atoms with van der Waals surface area (Å²) in [6.07, 6.45) is 2.18. The van der Waals surface area contributed by atoms with Gasteiger partial charge >= 0.3 is 0 Å². The van der Waals surface area contributed by atoms with Crippen LogP contribution in [0.1, 0.15) is 28.9 Å². The number of amides is 2. The van der Waals surface area contributed by atoms with Crippen LogP contribution in [-0.4, -0.2) is 37.1 Å². The summed E-state index contributed by atoms with van der Waals surface area (Å²) in [5.74, 6) is 0.918. The molecule has 160 valence electrons. The lowest BCUT2D eigenvalue weighted by molar-refractivity contribution is -0.115. The van der Waals surface area contributed by atoms with Gasteiger partial charge in [-0.1, -0.05) is 12.1 Å². The number of rotatable bonds is 8. The quantitative estimate of drug-likeness (QED) is 0.558. The van der Waals surface area contributed by atoms with Crippen molar-refractivity contribution in [3.63, 3.8) is 0 Å². The molecular formula is C23H23N3O4S. The van der Waals surface area contributed by atoms with Crippen molar-refractivity contribution in [3.05, 3.63) is 59.1 Å². The molecule has 2 amide bonds. The first-order chi connectivity index (χ1) is 15.1. The third-order valence-corrected chi connectivity index (χ3v) is 5.77. The van der Waals surface area contributed by atoms with Crippen LogP contribution in [0.15, 0.2) is 47.8 Å². The normalized spacial score (nSPS) is 12.8. The number of ether oxygens (including phenoxy) is 2. The number of anilines is 1. The summed E-state index contributed by atoms with van der Waals surface area (Å²) in [5, 5.41) is 8.39.